The van der Waals surface area contributed by atoms with Crippen molar-refractivity contribution in [1.29, 1.82) is 0 Å². The van der Waals surface area contributed by atoms with Gasteiger partial charge in [0.2, 0.25) is 6.79 Å². The van der Waals surface area contributed by atoms with Gasteiger partial charge in [0.1, 0.15) is 6.61 Å². The molecule has 2 heterocycles. The molecule has 8 heteroatoms. The first-order valence-electron chi connectivity index (χ1n) is 8.84. The van der Waals surface area contributed by atoms with E-state index in [-0.39, 0.29) is 19.2 Å². The van der Waals surface area contributed by atoms with Crippen LogP contribution in [0.2, 0.25) is 5.02 Å². The van der Waals surface area contributed by atoms with Crippen LogP contribution in [0.15, 0.2) is 47.8 Å². The molecule has 1 aromatic heterocycles. The van der Waals surface area contributed by atoms with E-state index in [1.165, 1.54) is 0 Å². The van der Waals surface area contributed by atoms with Crippen LogP contribution in [-0.4, -0.2) is 13.9 Å². The number of thiophene rings is 1. The van der Waals surface area contributed by atoms with Crippen LogP contribution in [0, 0.1) is 0 Å². The molecule has 0 saturated carbocycles. The molecule has 5 nitrogen and oxygen atoms in total. The van der Waals surface area contributed by atoms with E-state index < -0.39 is 0 Å². The number of methoxy groups -OCH3 is 1. The number of hydrogen-bond acceptors (Lipinski definition) is 6. The highest BCUT2D eigenvalue weighted by Gasteiger charge is 2.14. The van der Waals surface area contributed by atoms with Gasteiger partial charge in [-0.15, -0.1) is 23.7 Å². The van der Waals surface area contributed by atoms with Crippen molar-refractivity contribution < 1.29 is 18.9 Å². The molecule has 0 unspecified atom stereocenters. The molecule has 1 N–H and O–H groups in total. The van der Waals surface area contributed by atoms with Gasteiger partial charge in [0.15, 0.2) is 23.0 Å². The Morgan fingerprint density at radius 2 is 1.90 bits per heavy atom. The number of ether oxygens (including phenoxy) is 4. The van der Waals surface area contributed by atoms with Gasteiger partial charge in [-0.25, -0.2) is 0 Å². The molecular formula is C21H21Cl2NO4S. The molecule has 0 fully saturated rings. The van der Waals surface area contributed by atoms with Gasteiger partial charge < -0.3 is 24.3 Å². The first kappa shape index (κ1) is 21.6. The first-order chi connectivity index (χ1) is 13.7. The maximum absolute atomic E-state index is 6.45. The molecule has 4 rings (SSSR count). The Bertz CT molecular complexity index is 950. The minimum atomic E-state index is 0. The summed E-state index contributed by atoms with van der Waals surface area (Å²) in [5, 5.41) is 5.97. The van der Waals surface area contributed by atoms with E-state index >= 15 is 0 Å². The summed E-state index contributed by atoms with van der Waals surface area (Å²) in [4.78, 5) is 1.13. The van der Waals surface area contributed by atoms with Crippen molar-refractivity contribution in [3.05, 3.63) is 68.9 Å². The standard InChI is InChI=1S/C21H20ClNO4S.ClH/c1-24-20-9-15(7-17(22)21(20)25-12-16-3-2-6-28-16)11-23-10-14-4-5-18-19(8-14)27-13-26-18;/h2-9,23H,10-13H2,1H3;1H. The number of nitrogens with one attached hydrogen (secondary N) is 1. The fraction of sp³-hybridized carbons (Fsp3) is 0.238. The van der Waals surface area contributed by atoms with Crippen LogP contribution in [0.3, 0.4) is 0 Å². The number of hydrogen-bond donors (Lipinski definition) is 1. The van der Waals surface area contributed by atoms with E-state index in [0.717, 1.165) is 27.5 Å². The summed E-state index contributed by atoms with van der Waals surface area (Å²) in [5.74, 6) is 2.77. The second-order valence-corrected chi connectivity index (χ2v) is 7.71. The SMILES string of the molecule is COc1cc(CNCc2ccc3c(c2)OCO3)cc(Cl)c1OCc1cccs1.Cl. The van der Waals surface area contributed by atoms with E-state index in [9.17, 15) is 0 Å². The maximum atomic E-state index is 6.45. The van der Waals surface area contributed by atoms with Gasteiger partial charge in [-0.05, 0) is 46.8 Å². The largest absolute Gasteiger partial charge is 0.493 e. The molecule has 1 aliphatic rings. The van der Waals surface area contributed by atoms with Crippen molar-refractivity contribution in [3.8, 4) is 23.0 Å². The maximum Gasteiger partial charge on any atom is 0.231 e. The molecular weight excluding hydrogens is 433 g/mol. The number of benzene rings is 2. The normalized spacial score (nSPS) is 11.8. The second-order valence-electron chi connectivity index (χ2n) is 6.27. The molecule has 0 aliphatic carbocycles. The van der Waals surface area contributed by atoms with Crippen molar-refractivity contribution in [2.24, 2.45) is 0 Å². The minimum absolute atomic E-state index is 0. The lowest BCUT2D eigenvalue weighted by molar-refractivity contribution is 0.174. The molecule has 3 aromatic rings. The Balaban J connectivity index is 0.00000240. The Labute approximate surface area is 184 Å². The fourth-order valence-corrected chi connectivity index (χ4v) is 3.86. The molecule has 154 valence electrons. The second kappa shape index (κ2) is 10.1. The van der Waals surface area contributed by atoms with E-state index in [1.807, 2.05) is 47.8 Å². The molecule has 29 heavy (non-hydrogen) atoms. The summed E-state index contributed by atoms with van der Waals surface area (Å²) >= 11 is 8.10. The van der Waals surface area contributed by atoms with Gasteiger partial charge in [0.25, 0.3) is 0 Å². The van der Waals surface area contributed by atoms with Gasteiger partial charge in [-0.2, -0.15) is 0 Å². The topological polar surface area (TPSA) is 49.0 Å². The zero-order valence-corrected chi connectivity index (χ0v) is 18.2. The number of rotatable bonds is 8. The van der Waals surface area contributed by atoms with Gasteiger partial charge in [0.05, 0.1) is 12.1 Å². The van der Waals surface area contributed by atoms with E-state index in [4.69, 9.17) is 30.5 Å². The zero-order valence-electron chi connectivity index (χ0n) is 15.8. The molecule has 1 aliphatic heterocycles. The van der Waals surface area contributed by atoms with Crippen molar-refractivity contribution in [1.82, 2.24) is 5.32 Å². The van der Waals surface area contributed by atoms with Crippen LogP contribution < -0.4 is 24.3 Å². The summed E-state index contributed by atoms with van der Waals surface area (Å²) in [6.45, 7) is 2.10. The Kier molecular flexibility index (Phi) is 7.50. The van der Waals surface area contributed by atoms with Crippen LogP contribution in [0.5, 0.6) is 23.0 Å². The Morgan fingerprint density at radius 1 is 1.07 bits per heavy atom. The fourth-order valence-electron chi connectivity index (χ4n) is 2.96. The van der Waals surface area contributed by atoms with Crippen LogP contribution in [0.25, 0.3) is 0 Å². The van der Waals surface area contributed by atoms with E-state index in [1.54, 1.807) is 18.4 Å². The molecule has 0 bridgehead atoms. The van der Waals surface area contributed by atoms with Gasteiger partial charge in [0, 0.05) is 18.0 Å². The van der Waals surface area contributed by atoms with Gasteiger partial charge in [-0.1, -0.05) is 23.7 Å². The molecule has 0 saturated heterocycles. The van der Waals surface area contributed by atoms with E-state index in [0.29, 0.717) is 36.2 Å². The first-order valence-corrected chi connectivity index (χ1v) is 10.1. The molecule has 2 aromatic carbocycles. The lowest BCUT2D eigenvalue weighted by atomic mass is 10.1. The highest BCUT2D eigenvalue weighted by atomic mass is 35.5. The highest BCUT2D eigenvalue weighted by molar-refractivity contribution is 7.09. The van der Waals surface area contributed by atoms with Crippen LogP contribution in [0.4, 0.5) is 0 Å². The summed E-state index contributed by atoms with van der Waals surface area (Å²) in [7, 11) is 1.62. The Morgan fingerprint density at radius 3 is 2.69 bits per heavy atom. The predicted octanol–water partition coefficient (Wildman–Crippen LogP) is 5.43. The summed E-state index contributed by atoms with van der Waals surface area (Å²) in [5.41, 5.74) is 2.14. The van der Waals surface area contributed by atoms with Crippen LogP contribution >= 0.6 is 35.3 Å². The predicted molar refractivity (Wildman–Crippen MR) is 117 cm³/mol. The van der Waals surface area contributed by atoms with Crippen molar-refractivity contribution in [2.45, 2.75) is 19.7 Å². The smallest absolute Gasteiger partial charge is 0.231 e. The number of fused-ring (bicyclic) bond motifs is 1. The van der Waals surface area contributed by atoms with Gasteiger partial charge in [-0.3, -0.25) is 0 Å². The molecule has 0 spiro atoms. The van der Waals surface area contributed by atoms with Crippen LogP contribution in [0.1, 0.15) is 16.0 Å². The Hall–Kier alpha value is -2.12. The van der Waals surface area contributed by atoms with Crippen molar-refractivity contribution in [2.75, 3.05) is 13.9 Å². The van der Waals surface area contributed by atoms with Gasteiger partial charge >= 0.3 is 0 Å². The third kappa shape index (κ3) is 5.28. The zero-order chi connectivity index (χ0) is 19.3. The van der Waals surface area contributed by atoms with Crippen molar-refractivity contribution in [3.63, 3.8) is 0 Å². The summed E-state index contributed by atoms with van der Waals surface area (Å²) in [6.07, 6.45) is 0. The lowest BCUT2D eigenvalue weighted by Gasteiger charge is -2.14. The average molecular weight is 454 g/mol. The third-order valence-corrected chi connectivity index (χ3v) is 5.45. The quantitative estimate of drug-likeness (QED) is 0.492. The van der Waals surface area contributed by atoms with Crippen LogP contribution in [-0.2, 0) is 19.7 Å². The monoisotopic (exact) mass is 453 g/mol. The number of halogens is 2. The lowest BCUT2D eigenvalue weighted by Crippen LogP contribution is -2.13. The van der Waals surface area contributed by atoms with E-state index in [2.05, 4.69) is 5.32 Å². The molecule has 0 atom stereocenters. The molecule has 0 radical (unpaired) electrons. The highest BCUT2D eigenvalue weighted by Crippen LogP contribution is 2.37. The molecule has 0 amide bonds. The summed E-state index contributed by atoms with van der Waals surface area (Å²) < 4.78 is 22.1. The summed E-state index contributed by atoms with van der Waals surface area (Å²) in [6, 6.07) is 13.8. The third-order valence-electron chi connectivity index (χ3n) is 4.32. The van der Waals surface area contributed by atoms with Crippen molar-refractivity contribution >= 4 is 35.3 Å². The average Bonchev–Trinajstić information content (AvgIpc) is 3.38. The minimum Gasteiger partial charge on any atom is -0.493 e.